The summed E-state index contributed by atoms with van der Waals surface area (Å²) in [6, 6.07) is 5.31. The van der Waals surface area contributed by atoms with Crippen LogP contribution in [0.2, 0.25) is 0 Å². The molecule has 2 aromatic rings. The highest BCUT2D eigenvalue weighted by molar-refractivity contribution is 14.1. The maximum absolute atomic E-state index is 12.2. The van der Waals surface area contributed by atoms with Gasteiger partial charge in [-0.2, -0.15) is 0 Å². The van der Waals surface area contributed by atoms with Gasteiger partial charge in [0.15, 0.2) is 9.53 Å². The first-order valence-electron chi connectivity index (χ1n) is 5.45. The highest BCUT2D eigenvalue weighted by Crippen LogP contribution is 2.33. The zero-order valence-corrected chi connectivity index (χ0v) is 14.9. The summed E-state index contributed by atoms with van der Waals surface area (Å²) in [5, 5.41) is 10.7. The zero-order chi connectivity index (χ0) is 16.5. The van der Waals surface area contributed by atoms with Crippen molar-refractivity contribution in [1.29, 1.82) is 0 Å². The Hall–Kier alpha value is -1.04. The van der Waals surface area contributed by atoms with Gasteiger partial charge in [0.05, 0.1) is 6.07 Å². The number of nitrogens with zero attached hydrogens (tertiary/aromatic N) is 1. The van der Waals surface area contributed by atoms with Crippen molar-refractivity contribution in [3.05, 3.63) is 49.7 Å². The van der Waals surface area contributed by atoms with Crippen molar-refractivity contribution in [2.24, 2.45) is 0 Å². The third-order valence-electron chi connectivity index (χ3n) is 2.42. The molecule has 0 unspecified atom stereocenters. The van der Waals surface area contributed by atoms with Crippen LogP contribution in [0.5, 0.6) is 0 Å². The van der Waals surface area contributed by atoms with Crippen molar-refractivity contribution < 1.29 is 22.2 Å². The molecule has 0 spiro atoms. The van der Waals surface area contributed by atoms with Gasteiger partial charge in [0.1, 0.15) is 15.6 Å². The third kappa shape index (κ3) is 3.65. The van der Waals surface area contributed by atoms with Gasteiger partial charge in [-0.15, -0.1) is 0 Å². The fourth-order valence-electron chi connectivity index (χ4n) is 1.48. The van der Waals surface area contributed by atoms with E-state index < -0.39 is 29.7 Å². The van der Waals surface area contributed by atoms with Gasteiger partial charge >= 0.3 is 5.88 Å². The second-order valence-corrected chi connectivity index (χ2v) is 8.53. The maximum Gasteiger partial charge on any atom is 0.433 e. The molecule has 0 N–H and O–H groups in total. The quantitative estimate of drug-likeness (QED) is 0.278. The van der Waals surface area contributed by atoms with E-state index in [1.54, 1.807) is 6.07 Å². The van der Waals surface area contributed by atoms with Gasteiger partial charge in [-0.1, -0.05) is 23.2 Å². The largest absolute Gasteiger partial charge is 0.451 e. The monoisotopic (exact) mass is 477 g/mol. The summed E-state index contributed by atoms with van der Waals surface area (Å²) < 4.78 is 33.4. The van der Waals surface area contributed by atoms with Crippen molar-refractivity contribution in [3.63, 3.8) is 0 Å². The molecule has 0 saturated carbocycles. The number of alkyl halides is 2. The normalized spacial score (nSPS) is 12.8. The maximum atomic E-state index is 12.2. The van der Waals surface area contributed by atoms with Crippen LogP contribution >= 0.6 is 45.8 Å². The van der Waals surface area contributed by atoms with Crippen LogP contribution in [0.15, 0.2) is 33.1 Å². The summed E-state index contributed by atoms with van der Waals surface area (Å²) in [4.78, 5) is 9.45. The molecule has 0 aliphatic rings. The highest BCUT2D eigenvalue weighted by Gasteiger charge is 2.31. The van der Waals surface area contributed by atoms with Gasteiger partial charge < -0.3 is 8.83 Å². The molecule has 2 aromatic heterocycles. The van der Waals surface area contributed by atoms with Crippen molar-refractivity contribution in [1.82, 2.24) is 0 Å². The van der Waals surface area contributed by atoms with Crippen LogP contribution in [0.4, 0.5) is 5.88 Å². The molecule has 2 rings (SSSR count). The molecule has 0 radical (unpaired) electrons. The molecule has 7 nitrogen and oxygen atoms in total. The Kier molecular flexibility index (Phi) is 5.20. The third-order valence-corrected chi connectivity index (χ3v) is 5.81. The molecule has 0 fully saturated rings. The van der Waals surface area contributed by atoms with E-state index in [4.69, 9.17) is 32.0 Å². The minimum Gasteiger partial charge on any atom is -0.451 e. The molecular formula is C11H6Cl2INO6S. The highest BCUT2D eigenvalue weighted by atomic mass is 127. The molecule has 0 aliphatic carbocycles. The number of furan rings is 2. The van der Waals surface area contributed by atoms with E-state index in [1.807, 2.05) is 22.6 Å². The number of halogens is 3. The summed E-state index contributed by atoms with van der Waals surface area (Å²) in [5.41, 5.74) is 0. The molecule has 118 valence electrons. The van der Waals surface area contributed by atoms with E-state index >= 15 is 0 Å². The lowest BCUT2D eigenvalue weighted by Gasteiger charge is -2.06. The molecule has 0 aliphatic heterocycles. The molecule has 2 heterocycles. The van der Waals surface area contributed by atoms with Gasteiger partial charge in [-0.25, -0.2) is 8.42 Å². The van der Waals surface area contributed by atoms with Crippen LogP contribution in [-0.2, 0) is 9.84 Å². The molecular weight excluding hydrogens is 472 g/mol. The molecule has 0 aromatic carbocycles. The first-order valence-corrected chi connectivity index (χ1v) is 8.95. The van der Waals surface area contributed by atoms with Crippen LogP contribution in [-0.4, -0.2) is 17.5 Å². The van der Waals surface area contributed by atoms with E-state index in [2.05, 4.69) is 0 Å². The van der Waals surface area contributed by atoms with Gasteiger partial charge in [-0.05, 0) is 40.8 Å². The van der Waals surface area contributed by atoms with Crippen LogP contribution in [0, 0.1) is 13.9 Å². The molecule has 0 saturated heterocycles. The molecule has 0 amide bonds. The zero-order valence-electron chi connectivity index (χ0n) is 10.4. The second kappa shape index (κ2) is 6.60. The minimum atomic E-state index is -4.18. The lowest BCUT2D eigenvalue weighted by molar-refractivity contribution is -0.402. The smallest absolute Gasteiger partial charge is 0.433 e. The van der Waals surface area contributed by atoms with Gasteiger partial charge in [-0.3, -0.25) is 10.1 Å². The average Bonchev–Trinajstić information content (AvgIpc) is 3.04. The van der Waals surface area contributed by atoms with Crippen molar-refractivity contribution in [3.8, 4) is 0 Å². The van der Waals surface area contributed by atoms with Crippen molar-refractivity contribution in [2.45, 2.75) is 4.17 Å². The molecule has 0 atom stereocenters. The summed E-state index contributed by atoms with van der Waals surface area (Å²) >= 11 is 12.9. The van der Waals surface area contributed by atoms with E-state index in [-0.39, 0.29) is 11.5 Å². The average molecular weight is 478 g/mol. The topological polar surface area (TPSA) is 104 Å². The van der Waals surface area contributed by atoms with Crippen LogP contribution < -0.4 is 0 Å². The molecule has 11 heteroatoms. The number of hydrogen-bond acceptors (Lipinski definition) is 6. The predicted octanol–water partition coefficient (Wildman–Crippen LogP) is 4.06. The Labute approximate surface area is 148 Å². The SMILES string of the molecule is O=[N+]([O-])c1ccc(C(=Cc2ccc(I)o2)S(=O)(=O)C(Cl)Cl)o1. The molecule has 22 heavy (non-hydrogen) atoms. The van der Waals surface area contributed by atoms with Crippen molar-refractivity contribution >= 4 is 72.5 Å². The van der Waals surface area contributed by atoms with Crippen LogP contribution in [0.3, 0.4) is 0 Å². The summed E-state index contributed by atoms with van der Waals surface area (Å²) in [6.45, 7) is 0. The Morgan fingerprint density at radius 3 is 2.41 bits per heavy atom. The minimum absolute atomic E-state index is 0.205. The van der Waals surface area contributed by atoms with Gasteiger partial charge in [0.25, 0.3) is 0 Å². The number of nitro groups is 1. The first-order chi connectivity index (χ1) is 10.2. The Morgan fingerprint density at radius 2 is 1.95 bits per heavy atom. The lowest BCUT2D eigenvalue weighted by atomic mass is 10.3. The second-order valence-electron chi connectivity index (χ2n) is 3.85. The van der Waals surface area contributed by atoms with Crippen LogP contribution in [0.25, 0.3) is 11.0 Å². The van der Waals surface area contributed by atoms with Gasteiger partial charge in [0.2, 0.25) is 14.0 Å². The van der Waals surface area contributed by atoms with E-state index in [9.17, 15) is 18.5 Å². The van der Waals surface area contributed by atoms with Crippen LogP contribution in [0.1, 0.15) is 11.5 Å². The van der Waals surface area contributed by atoms with E-state index in [0.717, 1.165) is 18.2 Å². The number of hydrogen-bond donors (Lipinski definition) is 0. The Morgan fingerprint density at radius 1 is 1.27 bits per heavy atom. The number of sulfone groups is 1. The number of rotatable bonds is 5. The summed E-state index contributed by atoms with van der Waals surface area (Å²) in [5.74, 6) is -0.661. The lowest BCUT2D eigenvalue weighted by Crippen LogP contribution is -2.10. The molecule has 0 bridgehead atoms. The van der Waals surface area contributed by atoms with Gasteiger partial charge in [0, 0.05) is 6.08 Å². The standard InChI is InChI=1S/C11H6Cl2INO6S/c12-11(13)22(18,19)8(5-6-1-3-9(14)20-6)7-2-4-10(21-7)15(16)17/h1-5,11H. The Bertz CT molecular complexity index is 838. The summed E-state index contributed by atoms with van der Waals surface area (Å²) in [6.07, 6.45) is 1.14. The van der Waals surface area contributed by atoms with Crippen molar-refractivity contribution in [2.75, 3.05) is 0 Å². The van der Waals surface area contributed by atoms with E-state index in [0.29, 0.717) is 3.77 Å². The first kappa shape index (κ1) is 17.3. The van der Waals surface area contributed by atoms with E-state index in [1.165, 1.54) is 6.07 Å². The fraction of sp³-hybridized carbons (Fsp3) is 0.0909. The summed E-state index contributed by atoms with van der Waals surface area (Å²) in [7, 11) is -4.18. The Balaban J connectivity index is 2.60. The fourth-order valence-corrected chi connectivity index (χ4v) is 3.36. The predicted molar refractivity (Wildman–Crippen MR) is 89.1 cm³/mol.